The van der Waals surface area contributed by atoms with Gasteiger partial charge in [0.15, 0.2) is 0 Å². The fourth-order valence-corrected chi connectivity index (χ4v) is 6.54. The van der Waals surface area contributed by atoms with Crippen LogP contribution in [0.4, 0.5) is 5.00 Å². The molecule has 0 aromatic carbocycles. The molecular weight excluding hydrogens is 390 g/mol. The van der Waals surface area contributed by atoms with Crippen LogP contribution < -0.4 is 5.32 Å². The van der Waals surface area contributed by atoms with Crippen LogP contribution in [0.2, 0.25) is 0 Å². The van der Waals surface area contributed by atoms with E-state index in [4.69, 9.17) is 4.74 Å². The van der Waals surface area contributed by atoms with Crippen molar-refractivity contribution in [2.24, 2.45) is 29.6 Å². The summed E-state index contributed by atoms with van der Waals surface area (Å²) in [5.74, 6) is -2.58. The standard InChI is InChI=1S/C22H27NO5S/c1-3-28-22(27)18-14-9-4-11(2)10-15(14)29-20(18)23-19(24)16-12-5-7-13(8-6-12)17(16)21(25)26/h5,7,11-13,16-17H,3-4,6,8-10H2,1-2H3,(H,23,24)(H,25,26)/t11-,12+,13+,16+,17+/m1/s1. The molecule has 1 amide bonds. The van der Waals surface area contributed by atoms with Crippen molar-refractivity contribution < 1.29 is 24.2 Å². The SMILES string of the molecule is CCOC(=O)c1c(NC(=O)[C@@H]2[C@@H](C(=O)O)[C@H]3C=C[C@H]2CC3)sc2c1CC[C@@H](C)C2. The average molecular weight is 418 g/mol. The van der Waals surface area contributed by atoms with Gasteiger partial charge in [-0.15, -0.1) is 11.3 Å². The third kappa shape index (κ3) is 3.61. The highest BCUT2D eigenvalue weighted by molar-refractivity contribution is 7.17. The number of hydrogen-bond donors (Lipinski definition) is 2. The first-order valence-electron chi connectivity index (χ1n) is 10.4. The summed E-state index contributed by atoms with van der Waals surface area (Å²) in [5.41, 5.74) is 1.46. The number of aliphatic carboxylic acids is 1. The number of rotatable bonds is 5. The molecule has 6 nitrogen and oxygen atoms in total. The van der Waals surface area contributed by atoms with E-state index in [1.54, 1.807) is 6.92 Å². The molecule has 0 radical (unpaired) electrons. The van der Waals surface area contributed by atoms with Gasteiger partial charge in [-0.2, -0.15) is 0 Å². The largest absolute Gasteiger partial charge is 0.481 e. The Hall–Kier alpha value is -2.15. The number of amides is 1. The Balaban J connectivity index is 1.65. The van der Waals surface area contributed by atoms with Crippen molar-refractivity contribution in [3.05, 3.63) is 28.2 Å². The molecule has 1 aromatic rings. The van der Waals surface area contributed by atoms with E-state index in [9.17, 15) is 19.5 Å². The summed E-state index contributed by atoms with van der Waals surface area (Å²) in [6.45, 7) is 4.22. The molecule has 0 aliphatic heterocycles. The normalized spacial score (nSPS) is 29.9. The lowest BCUT2D eigenvalue weighted by Crippen LogP contribution is -2.47. The van der Waals surface area contributed by atoms with Gasteiger partial charge in [0.25, 0.3) is 0 Å². The van der Waals surface area contributed by atoms with Gasteiger partial charge in [0.1, 0.15) is 5.00 Å². The Morgan fingerprint density at radius 3 is 2.48 bits per heavy atom. The molecule has 1 heterocycles. The molecule has 0 unspecified atom stereocenters. The zero-order valence-corrected chi connectivity index (χ0v) is 17.6. The number of allylic oxidation sites excluding steroid dienone is 2. The first-order valence-corrected chi connectivity index (χ1v) is 11.3. The maximum atomic E-state index is 13.2. The molecule has 1 aromatic heterocycles. The third-order valence-corrected chi connectivity index (χ3v) is 7.73. The van der Waals surface area contributed by atoms with Crippen LogP contribution >= 0.6 is 11.3 Å². The summed E-state index contributed by atoms with van der Waals surface area (Å²) in [6, 6.07) is 0. The lowest BCUT2D eigenvalue weighted by Gasteiger charge is -2.41. The van der Waals surface area contributed by atoms with E-state index in [2.05, 4.69) is 12.2 Å². The van der Waals surface area contributed by atoms with Gasteiger partial charge >= 0.3 is 11.9 Å². The molecule has 29 heavy (non-hydrogen) atoms. The Morgan fingerprint density at radius 2 is 1.86 bits per heavy atom. The van der Waals surface area contributed by atoms with Crippen molar-refractivity contribution in [1.82, 2.24) is 0 Å². The minimum atomic E-state index is -0.922. The van der Waals surface area contributed by atoms with Crippen LogP contribution in [0.15, 0.2) is 12.2 Å². The summed E-state index contributed by atoms with van der Waals surface area (Å²) in [5, 5.41) is 13.2. The number of anilines is 1. The molecule has 5 atom stereocenters. The van der Waals surface area contributed by atoms with Crippen LogP contribution in [0.3, 0.4) is 0 Å². The van der Waals surface area contributed by atoms with E-state index in [1.807, 2.05) is 12.2 Å². The fraction of sp³-hybridized carbons (Fsp3) is 0.591. The second-order valence-corrected chi connectivity index (χ2v) is 9.55. The molecule has 4 aliphatic carbocycles. The topological polar surface area (TPSA) is 92.7 Å². The molecule has 2 N–H and O–H groups in total. The van der Waals surface area contributed by atoms with Gasteiger partial charge < -0.3 is 15.2 Å². The number of carboxylic acids is 1. The van der Waals surface area contributed by atoms with Crippen LogP contribution in [-0.2, 0) is 27.2 Å². The van der Waals surface area contributed by atoms with Gasteiger partial charge in [0, 0.05) is 4.88 Å². The summed E-state index contributed by atoms with van der Waals surface area (Å²) < 4.78 is 5.27. The smallest absolute Gasteiger partial charge is 0.341 e. The molecule has 5 rings (SSSR count). The highest BCUT2D eigenvalue weighted by atomic mass is 32.1. The lowest BCUT2D eigenvalue weighted by atomic mass is 9.62. The molecule has 0 spiro atoms. The Kier molecular flexibility index (Phi) is 5.51. The van der Waals surface area contributed by atoms with Gasteiger partial charge in [-0.05, 0) is 62.3 Å². The van der Waals surface area contributed by atoms with Crippen molar-refractivity contribution in [2.45, 2.75) is 46.0 Å². The molecule has 156 valence electrons. The highest BCUT2D eigenvalue weighted by Crippen LogP contribution is 2.46. The summed E-state index contributed by atoms with van der Waals surface area (Å²) in [7, 11) is 0. The molecule has 2 bridgehead atoms. The first kappa shape index (κ1) is 20.1. The summed E-state index contributed by atoms with van der Waals surface area (Å²) >= 11 is 1.44. The van der Waals surface area contributed by atoms with Crippen LogP contribution in [0, 0.1) is 29.6 Å². The van der Waals surface area contributed by atoms with Gasteiger partial charge in [0.05, 0.1) is 24.0 Å². The van der Waals surface area contributed by atoms with E-state index in [-0.39, 0.29) is 24.3 Å². The van der Waals surface area contributed by atoms with Gasteiger partial charge in [-0.25, -0.2) is 4.79 Å². The molecule has 4 aliphatic rings. The molecular formula is C22H27NO5S. The van der Waals surface area contributed by atoms with Gasteiger partial charge in [-0.1, -0.05) is 19.1 Å². The van der Waals surface area contributed by atoms with Crippen molar-refractivity contribution in [3.8, 4) is 0 Å². The predicted octanol–water partition coefficient (Wildman–Crippen LogP) is 3.90. The van der Waals surface area contributed by atoms with Crippen molar-refractivity contribution in [1.29, 1.82) is 0 Å². The van der Waals surface area contributed by atoms with E-state index < -0.39 is 23.8 Å². The number of fused-ring (bicyclic) bond motifs is 3. The van der Waals surface area contributed by atoms with E-state index in [0.717, 1.165) is 42.5 Å². The number of esters is 1. The summed E-state index contributed by atoms with van der Waals surface area (Å²) in [6.07, 6.45) is 8.26. The van der Waals surface area contributed by atoms with E-state index >= 15 is 0 Å². The van der Waals surface area contributed by atoms with Crippen LogP contribution in [0.1, 0.15) is 53.9 Å². The number of ether oxygens (including phenoxy) is 1. The predicted molar refractivity (Wildman–Crippen MR) is 110 cm³/mol. The number of carbonyl (C=O) groups is 3. The second-order valence-electron chi connectivity index (χ2n) is 8.45. The van der Waals surface area contributed by atoms with E-state index in [1.165, 1.54) is 11.3 Å². The second kappa shape index (κ2) is 7.94. The number of nitrogens with one attached hydrogen (secondary N) is 1. The zero-order chi connectivity index (χ0) is 20.7. The van der Waals surface area contributed by atoms with Crippen molar-refractivity contribution in [2.75, 3.05) is 11.9 Å². The monoisotopic (exact) mass is 417 g/mol. The fourth-order valence-electron chi connectivity index (χ4n) is 5.14. The Bertz CT molecular complexity index is 873. The maximum absolute atomic E-state index is 13.2. The van der Waals surface area contributed by atoms with Gasteiger partial charge in [-0.3, -0.25) is 9.59 Å². The number of thiophene rings is 1. The molecule has 1 fully saturated rings. The zero-order valence-electron chi connectivity index (χ0n) is 16.8. The molecule has 7 heteroatoms. The third-order valence-electron chi connectivity index (χ3n) is 6.56. The van der Waals surface area contributed by atoms with Crippen LogP contribution in [-0.4, -0.2) is 29.6 Å². The summed E-state index contributed by atoms with van der Waals surface area (Å²) in [4.78, 5) is 38.9. The number of hydrogen-bond acceptors (Lipinski definition) is 5. The quantitative estimate of drug-likeness (QED) is 0.560. The van der Waals surface area contributed by atoms with E-state index in [0.29, 0.717) is 16.5 Å². The Morgan fingerprint density at radius 1 is 1.17 bits per heavy atom. The highest BCUT2D eigenvalue weighted by Gasteiger charge is 2.48. The number of carboxylic acid groups (broad SMARTS) is 1. The minimum absolute atomic E-state index is 0.0678. The molecule has 0 saturated heterocycles. The average Bonchev–Trinajstić information content (AvgIpc) is 3.04. The first-order chi connectivity index (χ1) is 13.9. The minimum Gasteiger partial charge on any atom is -0.481 e. The molecule has 1 saturated carbocycles. The Labute approximate surface area is 174 Å². The van der Waals surface area contributed by atoms with Crippen LogP contribution in [0.5, 0.6) is 0 Å². The van der Waals surface area contributed by atoms with Crippen molar-refractivity contribution in [3.63, 3.8) is 0 Å². The van der Waals surface area contributed by atoms with Crippen LogP contribution in [0.25, 0.3) is 0 Å². The van der Waals surface area contributed by atoms with Crippen molar-refractivity contribution >= 4 is 34.2 Å². The number of carbonyl (C=O) groups excluding carboxylic acids is 2. The lowest BCUT2D eigenvalue weighted by molar-refractivity contribution is -0.151. The maximum Gasteiger partial charge on any atom is 0.341 e. The van der Waals surface area contributed by atoms with Gasteiger partial charge in [0.2, 0.25) is 5.91 Å².